The molecule has 3 rings (SSSR count). The summed E-state index contributed by atoms with van der Waals surface area (Å²) in [6, 6.07) is 5.62. The van der Waals surface area contributed by atoms with E-state index in [2.05, 4.69) is 4.98 Å². The fourth-order valence-corrected chi connectivity index (χ4v) is 3.08. The van der Waals surface area contributed by atoms with Gasteiger partial charge in [-0.15, -0.1) is 0 Å². The van der Waals surface area contributed by atoms with Crippen LogP contribution in [0.4, 0.5) is 17.6 Å². The average molecular weight is 461 g/mol. The second-order valence-corrected chi connectivity index (χ2v) is 6.86. The molecule has 0 spiro atoms. The number of aromatic nitrogens is 2. The molecule has 0 fully saturated rings. The van der Waals surface area contributed by atoms with E-state index in [0.29, 0.717) is 32.1 Å². The molecular weight excluding hydrogens is 438 g/mol. The Balaban J connectivity index is 0.000000451. The van der Waals surface area contributed by atoms with Crippen molar-refractivity contribution in [1.29, 1.82) is 0 Å². The molecule has 1 amide bonds. The van der Waals surface area contributed by atoms with E-state index in [1.807, 2.05) is 18.5 Å². The van der Waals surface area contributed by atoms with Gasteiger partial charge >= 0.3 is 12.1 Å². The summed E-state index contributed by atoms with van der Waals surface area (Å²) in [5, 5.41) is 7.12. The van der Waals surface area contributed by atoms with Crippen LogP contribution in [0.2, 0.25) is 0 Å². The number of hydrogen-bond donors (Lipinski definition) is 1. The van der Waals surface area contributed by atoms with Crippen LogP contribution in [0.5, 0.6) is 5.75 Å². The molecule has 0 aliphatic carbocycles. The Bertz CT molecular complexity index is 915. The summed E-state index contributed by atoms with van der Waals surface area (Å²) < 4.78 is 57.7. The second kappa shape index (κ2) is 10.9. The van der Waals surface area contributed by atoms with Crippen molar-refractivity contribution >= 4 is 11.9 Å². The number of fused-ring (bicyclic) bond motifs is 1. The van der Waals surface area contributed by atoms with E-state index in [-0.39, 0.29) is 24.2 Å². The molecule has 176 valence electrons. The number of ether oxygens (including phenoxy) is 2. The Labute approximate surface area is 181 Å². The van der Waals surface area contributed by atoms with Crippen molar-refractivity contribution in [2.45, 2.75) is 25.6 Å². The van der Waals surface area contributed by atoms with Gasteiger partial charge in [-0.25, -0.2) is 14.2 Å². The number of alkyl halides is 3. The van der Waals surface area contributed by atoms with E-state index in [4.69, 9.17) is 19.4 Å². The van der Waals surface area contributed by atoms with E-state index in [0.717, 1.165) is 11.4 Å². The molecule has 0 saturated heterocycles. The molecule has 0 saturated carbocycles. The van der Waals surface area contributed by atoms with E-state index >= 15 is 0 Å². The van der Waals surface area contributed by atoms with Crippen LogP contribution in [-0.2, 0) is 27.9 Å². The number of carboxylic acids is 1. The van der Waals surface area contributed by atoms with Crippen LogP contribution in [-0.4, -0.2) is 64.0 Å². The number of rotatable bonds is 6. The molecule has 1 atom stereocenters. The summed E-state index contributed by atoms with van der Waals surface area (Å²) in [6.45, 7) is 4.07. The zero-order valence-corrected chi connectivity index (χ0v) is 17.4. The Morgan fingerprint density at radius 1 is 1.25 bits per heavy atom. The maximum absolute atomic E-state index is 12.9. The summed E-state index contributed by atoms with van der Waals surface area (Å²) in [5.41, 5.74) is 2.02. The third-order valence-corrected chi connectivity index (χ3v) is 4.52. The molecule has 12 heteroatoms. The first kappa shape index (κ1) is 25.1. The Morgan fingerprint density at radius 2 is 1.88 bits per heavy atom. The van der Waals surface area contributed by atoms with Gasteiger partial charge in [0, 0.05) is 31.8 Å². The molecule has 1 aromatic carbocycles. The molecule has 1 N–H and O–H groups in total. The van der Waals surface area contributed by atoms with E-state index in [9.17, 15) is 22.4 Å². The van der Waals surface area contributed by atoms with Crippen molar-refractivity contribution in [1.82, 2.24) is 14.5 Å². The molecule has 1 aliphatic heterocycles. The van der Waals surface area contributed by atoms with Gasteiger partial charge in [0.15, 0.2) is 6.61 Å². The summed E-state index contributed by atoms with van der Waals surface area (Å²) >= 11 is 0. The standard InChI is InChI=1S/C18H22FN3O3.C2HF3O2/c1-3-24-10-13-8-22(9-16-18(13)21(2)12-20-16)17(23)11-25-15-6-4-14(19)5-7-15;3-2(4,5)1(6)7/h4-7,12-13H,3,8-11H2,1-2H3;(H,6,7). The summed E-state index contributed by atoms with van der Waals surface area (Å²) in [5.74, 6) is -2.66. The van der Waals surface area contributed by atoms with E-state index < -0.39 is 12.1 Å². The Morgan fingerprint density at radius 3 is 2.44 bits per heavy atom. The van der Waals surface area contributed by atoms with Gasteiger partial charge in [0.25, 0.3) is 5.91 Å². The van der Waals surface area contributed by atoms with Crippen LogP contribution < -0.4 is 4.74 Å². The summed E-state index contributed by atoms with van der Waals surface area (Å²) in [7, 11) is 1.96. The van der Waals surface area contributed by atoms with E-state index in [1.165, 1.54) is 24.3 Å². The highest BCUT2D eigenvalue weighted by molar-refractivity contribution is 5.78. The molecule has 1 aromatic heterocycles. The van der Waals surface area contributed by atoms with Crippen LogP contribution in [0, 0.1) is 5.82 Å². The number of carbonyl (C=O) groups excluding carboxylic acids is 1. The molecule has 8 nitrogen and oxygen atoms in total. The van der Waals surface area contributed by atoms with Crippen LogP contribution >= 0.6 is 0 Å². The van der Waals surface area contributed by atoms with Gasteiger partial charge in [-0.2, -0.15) is 13.2 Å². The smallest absolute Gasteiger partial charge is 0.484 e. The average Bonchev–Trinajstić information content (AvgIpc) is 3.12. The van der Waals surface area contributed by atoms with Crippen molar-refractivity contribution in [3.8, 4) is 5.75 Å². The lowest BCUT2D eigenvalue weighted by atomic mass is 9.99. The number of aliphatic carboxylic acids is 1. The molecule has 1 unspecified atom stereocenters. The maximum Gasteiger partial charge on any atom is 0.490 e. The zero-order chi connectivity index (χ0) is 23.9. The van der Waals surface area contributed by atoms with E-state index in [1.54, 1.807) is 11.2 Å². The number of carbonyl (C=O) groups is 2. The van der Waals surface area contributed by atoms with Crippen molar-refractivity contribution in [3.05, 3.63) is 47.8 Å². The third kappa shape index (κ3) is 6.94. The minimum absolute atomic E-state index is 0.0881. The van der Waals surface area contributed by atoms with Crippen LogP contribution in [0.25, 0.3) is 0 Å². The van der Waals surface area contributed by atoms with Crippen molar-refractivity contribution < 1.29 is 41.7 Å². The minimum Gasteiger partial charge on any atom is -0.484 e. The number of amides is 1. The zero-order valence-electron chi connectivity index (χ0n) is 17.4. The van der Waals surface area contributed by atoms with Gasteiger partial charge < -0.3 is 24.0 Å². The number of carboxylic acid groups (broad SMARTS) is 1. The molecular formula is C20H23F4N3O5. The topological polar surface area (TPSA) is 93.9 Å². The van der Waals surface area contributed by atoms with Gasteiger partial charge in [0.2, 0.25) is 0 Å². The fraction of sp³-hybridized carbons (Fsp3) is 0.450. The highest BCUT2D eigenvalue weighted by atomic mass is 19.4. The quantitative estimate of drug-likeness (QED) is 0.665. The molecule has 0 radical (unpaired) electrons. The first-order chi connectivity index (χ1) is 15.0. The van der Waals surface area contributed by atoms with Crippen LogP contribution in [0.1, 0.15) is 24.2 Å². The second-order valence-electron chi connectivity index (χ2n) is 6.86. The Kier molecular flexibility index (Phi) is 8.58. The number of aryl methyl sites for hydroxylation is 1. The lowest BCUT2D eigenvalue weighted by molar-refractivity contribution is -0.192. The van der Waals surface area contributed by atoms with Crippen molar-refractivity contribution in [2.75, 3.05) is 26.4 Å². The van der Waals surface area contributed by atoms with Crippen molar-refractivity contribution in [3.63, 3.8) is 0 Å². The normalized spacial score (nSPS) is 15.4. The first-order valence-electron chi connectivity index (χ1n) is 9.57. The number of imidazole rings is 1. The summed E-state index contributed by atoms with van der Waals surface area (Å²) in [4.78, 5) is 27.6. The molecule has 2 heterocycles. The van der Waals surface area contributed by atoms with Crippen LogP contribution in [0.15, 0.2) is 30.6 Å². The largest absolute Gasteiger partial charge is 0.490 e. The number of halogens is 4. The summed E-state index contributed by atoms with van der Waals surface area (Å²) in [6.07, 6.45) is -3.31. The van der Waals surface area contributed by atoms with Gasteiger partial charge in [0.1, 0.15) is 11.6 Å². The number of nitrogens with zero attached hydrogens (tertiary/aromatic N) is 3. The SMILES string of the molecule is CCOCC1CN(C(=O)COc2ccc(F)cc2)Cc2ncn(C)c21.O=C(O)C(F)(F)F. The van der Waals surface area contributed by atoms with Crippen molar-refractivity contribution in [2.24, 2.45) is 7.05 Å². The first-order valence-corrected chi connectivity index (χ1v) is 9.57. The highest BCUT2D eigenvalue weighted by Crippen LogP contribution is 2.27. The predicted molar refractivity (Wildman–Crippen MR) is 103 cm³/mol. The fourth-order valence-electron chi connectivity index (χ4n) is 3.08. The monoisotopic (exact) mass is 461 g/mol. The molecule has 2 aromatic rings. The van der Waals surface area contributed by atoms with Crippen LogP contribution in [0.3, 0.4) is 0 Å². The number of hydrogen-bond acceptors (Lipinski definition) is 5. The Hall–Kier alpha value is -3.15. The highest BCUT2D eigenvalue weighted by Gasteiger charge is 2.38. The molecule has 1 aliphatic rings. The lowest BCUT2D eigenvalue weighted by Crippen LogP contribution is -2.42. The third-order valence-electron chi connectivity index (χ3n) is 4.52. The minimum atomic E-state index is -5.08. The van der Waals surface area contributed by atoms with Gasteiger partial charge in [-0.05, 0) is 31.2 Å². The van der Waals surface area contributed by atoms with Gasteiger partial charge in [0.05, 0.1) is 25.2 Å². The van der Waals surface area contributed by atoms with Gasteiger partial charge in [-0.1, -0.05) is 0 Å². The van der Waals surface area contributed by atoms with Gasteiger partial charge in [-0.3, -0.25) is 4.79 Å². The molecule has 0 bridgehead atoms. The predicted octanol–water partition coefficient (Wildman–Crippen LogP) is 2.73. The maximum atomic E-state index is 12.9. The number of benzene rings is 1. The molecule has 32 heavy (non-hydrogen) atoms. The lowest BCUT2D eigenvalue weighted by Gasteiger charge is -2.32.